The molecule has 0 saturated carbocycles. The van der Waals surface area contributed by atoms with Gasteiger partial charge in [-0.2, -0.15) is 0 Å². The molecule has 0 spiro atoms. The SMILES string of the molecule is CC(C)[C@@H](C(=O)OCC(=O)NC(=O)c1ccccc1)c1ccc(Cl)cc1. The third kappa shape index (κ3) is 5.43. The summed E-state index contributed by atoms with van der Waals surface area (Å²) in [5.41, 5.74) is 1.11. The number of hydrogen-bond donors (Lipinski definition) is 1. The molecule has 2 aromatic carbocycles. The molecule has 2 rings (SSSR count). The zero-order valence-corrected chi connectivity index (χ0v) is 15.3. The standard InChI is InChI=1S/C20H20ClNO4/c1-13(2)18(14-8-10-16(21)11-9-14)20(25)26-12-17(23)22-19(24)15-6-4-3-5-7-15/h3-11,13,18H,12H2,1-2H3,(H,22,23,24)/t18-/m1/s1. The number of halogens is 1. The molecule has 0 radical (unpaired) electrons. The monoisotopic (exact) mass is 373 g/mol. The summed E-state index contributed by atoms with van der Waals surface area (Å²) < 4.78 is 5.11. The van der Waals surface area contributed by atoms with E-state index >= 15 is 0 Å². The number of nitrogens with one attached hydrogen (secondary N) is 1. The van der Waals surface area contributed by atoms with Gasteiger partial charge in [-0.15, -0.1) is 0 Å². The first-order chi connectivity index (χ1) is 12.4. The van der Waals surface area contributed by atoms with Gasteiger partial charge in [0, 0.05) is 10.6 Å². The van der Waals surface area contributed by atoms with Gasteiger partial charge in [0.25, 0.3) is 11.8 Å². The van der Waals surface area contributed by atoms with Crippen molar-refractivity contribution in [3.05, 3.63) is 70.7 Å². The molecule has 0 aromatic heterocycles. The van der Waals surface area contributed by atoms with Crippen LogP contribution in [0.25, 0.3) is 0 Å². The van der Waals surface area contributed by atoms with Gasteiger partial charge in [0.05, 0.1) is 5.92 Å². The molecule has 0 aliphatic rings. The minimum absolute atomic E-state index is 0.0299. The molecule has 0 aliphatic carbocycles. The van der Waals surface area contributed by atoms with Crippen LogP contribution in [0.3, 0.4) is 0 Å². The molecule has 136 valence electrons. The molecule has 2 aromatic rings. The van der Waals surface area contributed by atoms with Crippen LogP contribution < -0.4 is 5.32 Å². The lowest BCUT2D eigenvalue weighted by molar-refractivity contribution is -0.150. The Morgan fingerprint density at radius 1 is 1.00 bits per heavy atom. The molecule has 0 saturated heterocycles. The van der Waals surface area contributed by atoms with Gasteiger partial charge in [-0.3, -0.25) is 19.7 Å². The quantitative estimate of drug-likeness (QED) is 0.785. The average Bonchev–Trinajstić information content (AvgIpc) is 2.62. The maximum absolute atomic E-state index is 12.4. The lowest BCUT2D eigenvalue weighted by Crippen LogP contribution is -2.35. The van der Waals surface area contributed by atoms with Crippen LogP contribution in [-0.2, 0) is 14.3 Å². The fourth-order valence-electron chi connectivity index (χ4n) is 2.51. The van der Waals surface area contributed by atoms with Gasteiger partial charge >= 0.3 is 5.97 Å². The Hall–Kier alpha value is -2.66. The molecule has 6 heteroatoms. The highest BCUT2D eigenvalue weighted by Gasteiger charge is 2.26. The molecule has 0 aliphatic heterocycles. The number of amides is 2. The number of hydrogen-bond acceptors (Lipinski definition) is 4. The number of carbonyl (C=O) groups excluding carboxylic acids is 3. The van der Waals surface area contributed by atoms with Crippen molar-refractivity contribution in [3.8, 4) is 0 Å². The Kier molecular flexibility index (Phi) is 6.92. The highest BCUT2D eigenvalue weighted by molar-refractivity contribution is 6.30. The van der Waals surface area contributed by atoms with E-state index in [9.17, 15) is 14.4 Å². The predicted molar refractivity (Wildman–Crippen MR) is 98.9 cm³/mol. The van der Waals surface area contributed by atoms with Crippen LogP contribution in [0.2, 0.25) is 5.02 Å². The second-order valence-electron chi connectivity index (χ2n) is 6.12. The van der Waals surface area contributed by atoms with E-state index in [1.807, 2.05) is 13.8 Å². The smallest absolute Gasteiger partial charge is 0.314 e. The summed E-state index contributed by atoms with van der Waals surface area (Å²) in [5.74, 6) is -2.29. The van der Waals surface area contributed by atoms with Crippen LogP contribution in [-0.4, -0.2) is 24.4 Å². The summed E-state index contributed by atoms with van der Waals surface area (Å²) in [7, 11) is 0. The predicted octanol–water partition coefficient (Wildman–Crippen LogP) is 3.58. The van der Waals surface area contributed by atoms with E-state index in [-0.39, 0.29) is 5.92 Å². The molecular formula is C20H20ClNO4. The average molecular weight is 374 g/mol. The van der Waals surface area contributed by atoms with Crippen molar-refractivity contribution in [2.75, 3.05) is 6.61 Å². The number of rotatable bonds is 6. The van der Waals surface area contributed by atoms with E-state index in [0.717, 1.165) is 5.56 Å². The Balaban J connectivity index is 1.94. The van der Waals surface area contributed by atoms with E-state index in [2.05, 4.69) is 5.32 Å². The number of imide groups is 1. The van der Waals surface area contributed by atoms with E-state index in [1.54, 1.807) is 54.6 Å². The zero-order valence-electron chi connectivity index (χ0n) is 14.6. The number of esters is 1. The molecule has 0 bridgehead atoms. The van der Waals surface area contributed by atoms with Crippen molar-refractivity contribution in [2.24, 2.45) is 5.92 Å². The van der Waals surface area contributed by atoms with E-state index in [1.165, 1.54) is 0 Å². The molecule has 0 heterocycles. The lowest BCUT2D eigenvalue weighted by atomic mass is 9.88. The molecule has 1 atom stereocenters. The maximum Gasteiger partial charge on any atom is 0.314 e. The Bertz CT molecular complexity index is 772. The van der Waals surface area contributed by atoms with Gasteiger partial charge < -0.3 is 4.74 Å². The summed E-state index contributed by atoms with van der Waals surface area (Å²) in [5, 5.41) is 2.77. The minimum Gasteiger partial charge on any atom is -0.455 e. The Labute approximate surface area is 157 Å². The molecule has 0 fully saturated rings. The van der Waals surface area contributed by atoms with Crippen molar-refractivity contribution in [1.29, 1.82) is 0 Å². The van der Waals surface area contributed by atoms with E-state index in [4.69, 9.17) is 16.3 Å². The topological polar surface area (TPSA) is 72.5 Å². The van der Waals surface area contributed by atoms with Crippen LogP contribution >= 0.6 is 11.6 Å². The first kappa shape index (κ1) is 19.7. The first-order valence-electron chi connectivity index (χ1n) is 8.20. The molecule has 2 amide bonds. The molecule has 1 N–H and O–H groups in total. The van der Waals surface area contributed by atoms with Crippen LogP contribution in [0.15, 0.2) is 54.6 Å². The first-order valence-corrected chi connectivity index (χ1v) is 8.57. The van der Waals surface area contributed by atoms with Crippen molar-refractivity contribution in [1.82, 2.24) is 5.32 Å². The van der Waals surface area contributed by atoms with Crippen LogP contribution in [0.4, 0.5) is 0 Å². The number of benzene rings is 2. The second-order valence-corrected chi connectivity index (χ2v) is 6.56. The van der Waals surface area contributed by atoms with Gasteiger partial charge in [-0.1, -0.05) is 55.8 Å². The van der Waals surface area contributed by atoms with Gasteiger partial charge in [0.1, 0.15) is 0 Å². The van der Waals surface area contributed by atoms with E-state index < -0.39 is 30.3 Å². The van der Waals surface area contributed by atoms with Crippen LogP contribution in [0.5, 0.6) is 0 Å². The molecule has 5 nitrogen and oxygen atoms in total. The summed E-state index contributed by atoms with van der Waals surface area (Å²) in [6.07, 6.45) is 0. The number of ether oxygens (including phenoxy) is 1. The zero-order chi connectivity index (χ0) is 19.1. The van der Waals surface area contributed by atoms with E-state index in [0.29, 0.717) is 10.6 Å². The minimum atomic E-state index is -0.675. The highest BCUT2D eigenvalue weighted by Crippen LogP contribution is 2.27. The second kappa shape index (κ2) is 9.15. The fraction of sp³-hybridized carbons (Fsp3) is 0.250. The van der Waals surface area contributed by atoms with Crippen molar-refractivity contribution >= 4 is 29.4 Å². The Morgan fingerprint density at radius 3 is 2.19 bits per heavy atom. The normalized spacial score (nSPS) is 11.7. The molecule has 26 heavy (non-hydrogen) atoms. The van der Waals surface area contributed by atoms with Crippen LogP contribution in [0.1, 0.15) is 35.7 Å². The third-order valence-electron chi connectivity index (χ3n) is 3.78. The summed E-state index contributed by atoms with van der Waals surface area (Å²) in [4.78, 5) is 36.2. The molecular weight excluding hydrogens is 354 g/mol. The van der Waals surface area contributed by atoms with Crippen molar-refractivity contribution in [2.45, 2.75) is 19.8 Å². The van der Waals surface area contributed by atoms with Gasteiger partial charge in [0.15, 0.2) is 6.61 Å². The molecule has 0 unspecified atom stereocenters. The largest absolute Gasteiger partial charge is 0.455 e. The third-order valence-corrected chi connectivity index (χ3v) is 4.04. The van der Waals surface area contributed by atoms with Gasteiger partial charge in [-0.05, 0) is 35.7 Å². The summed E-state index contributed by atoms with van der Waals surface area (Å²) >= 11 is 5.88. The fourth-order valence-corrected chi connectivity index (χ4v) is 2.64. The summed E-state index contributed by atoms with van der Waals surface area (Å²) in [6.45, 7) is 3.26. The van der Waals surface area contributed by atoms with Crippen molar-refractivity contribution < 1.29 is 19.1 Å². The van der Waals surface area contributed by atoms with Crippen molar-refractivity contribution in [3.63, 3.8) is 0 Å². The highest BCUT2D eigenvalue weighted by atomic mass is 35.5. The van der Waals surface area contributed by atoms with Gasteiger partial charge in [-0.25, -0.2) is 0 Å². The summed E-state index contributed by atoms with van der Waals surface area (Å²) in [6, 6.07) is 15.2. The number of carbonyl (C=O) groups is 3. The van der Waals surface area contributed by atoms with Crippen LogP contribution in [0, 0.1) is 5.92 Å². The maximum atomic E-state index is 12.4. The Morgan fingerprint density at radius 2 is 1.62 bits per heavy atom. The van der Waals surface area contributed by atoms with Gasteiger partial charge in [0.2, 0.25) is 0 Å². The lowest BCUT2D eigenvalue weighted by Gasteiger charge is -2.19.